The number of nitrogens with zero attached hydrogens (tertiary/aromatic N) is 1. The molecule has 1 heterocycles. The molecule has 28 heavy (non-hydrogen) atoms. The summed E-state index contributed by atoms with van der Waals surface area (Å²) in [7, 11) is 0. The van der Waals surface area contributed by atoms with Crippen molar-refractivity contribution >= 4 is 29.5 Å². The maximum atomic E-state index is 13.2. The third kappa shape index (κ3) is 3.91. The standard InChI is InChI=1S/C24H19NOS.ClH/c1-16-13-14-17(2)20(15-16)24-25-21(22(26)18-9-5-3-6-10-18)23(27-24)19-11-7-4-8-12-19;/h3-15H,1-2H3;1H. The summed E-state index contributed by atoms with van der Waals surface area (Å²) >= 11 is 1.58. The number of benzene rings is 3. The molecule has 3 aromatic carbocycles. The van der Waals surface area contributed by atoms with Crippen LogP contribution in [0, 0.1) is 13.8 Å². The fraction of sp³-hybridized carbons (Fsp3) is 0.0833. The van der Waals surface area contributed by atoms with Crippen LogP contribution in [0.3, 0.4) is 0 Å². The van der Waals surface area contributed by atoms with Gasteiger partial charge in [0.1, 0.15) is 10.7 Å². The summed E-state index contributed by atoms with van der Waals surface area (Å²) in [5.41, 5.74) is 5.63. The van der Waals surface area contributed by atoms with Gasteiger partial charge in [-0.05, 0) is 31.0 Å². The van der Waals surface area contributed by atoms with Crippen molar-refractivity contribution in [2.24, 2.45) is 0 Å². The molecule has 0 amide bonds. The first-order chi connectivity index (χ1) is 13.1. The van der Waals surface area contributed by atoms with Crippen LogP contribution in [0.1, 0.15) is 27.2 Å². The van der Waals surface area contributed by atoms with Crippen LogP contribution in [-0.4, -0.2) is 10.8 Å². The maximum Gasteiger partial charge on any atom is 0.212 e. The highest BCUT2D eigenvalue weighted by Crippen LogP contribution is 2.37. The van der Waals surface area contributed by atoms with Crippen LogP contribution in [0.2, 0.25) is 0 Å². The SMILES string of the molecule is Cc1ccc(C)c(-c2nc(C(=O)c3ccccc3)c(-c3ccccc3)s2)c1.Cl. The Labute approximate surface area is 175 Å². The van der Waals surface area contributed by atoms with E-state index in [0.717, 1.165) is 26.6 Å². The molecule has 0 radical (unpaired) electrons. The van der Waals surface area contributed by atoms with Crippen molar-refractivity contribution in [1.82, 2.24) is 4.98 Å². The van der Waals surface area contributed by atoms with Gasteiger partial charge in [-0.3, -0.25) is 4.79 Å². The Bertz CT molecular complexity index is 1100. The van der Waals surface area contributed by atoms with Crippen LogP contribution < -0.4 is 0 Å². The number of ketones is 1. The Morgan fingerprint density at radius 2 is 1.50 bits per heavy atom. The van der Waals surface area contributed by atoms with Crippen LogP contribution in [0.15, 0.2) is 78.9 Å². The topological polar surface area (TPSA) is 30.0 Å². The lowest BCUT2D eigenvalue weighted by molar-refractivity contribution is 0.103. The molecule has 140 valence electrons. The van der Waals surface area contributed by atoms with E-state index in [1.807, 2.05) is 60.7 Å². The van der Waals surface area contributed by atoms with E-state index in [1.54, 1.807) is 11.3 Å². The normalized spacial score (nSPS) is 10.4. The number of carbonyl (C=O) groups excluding carboxylic acids is 1. The molecular formula is C24H20ClNOS. The lowest BCUT2D eigenvalue weighted by Gasteiger charge is -2.03. The third-order valence-corrected chi connectivity index (χ3v) is 5.68. The average Bonchev–Trinajstić information content (AvgIpc) is 3.16. The first kappa shape index (κ1) is 20.0. The van der Waals surface area contributed by atoms with E-state index in [2.05, 4.69) is 32.0 Å². The van der Waals surface area contributed by atoms with E-state index in [1.165, 1.54) is 5.56 Å². The Morgan fingerprint density at radius 3 is 2.18 bits per heavy atom. The van der Waals surface area contributed by atoms with Gasteiger partial charge in [-0.15, -0.1) is 23.7 Å². The van der Waals surface area contributed by atoms with Gasteiger partial charge >= 0.3 is 0 Å². The summed E-state index contributed by atoms with van der Waals surface area (Å²) in [6.07, 6.45) is 0. The molecule has 4 heteroatoms. The average molecular weight is 406 g/mol. The predicted molar refractivity (Wildman–Crippen MR) is 120 cm³/mol. The fourth-order valence-electron chi connectivity index (χ4n) is 3.07. The van der Waals surface area contributed by atoms with Gasteiger partial charge in [0.2, 0.25) is 5.78 Å². The van der Waals surface area contributed by atoms with Crippen molar-refractivity contribution in [3.05, 3.63) is 101 Å². The molecule has 0 saturated heterocycles. The van der Waals surface area contributed by atoms with E-state index < -0.39 is 0 Å². The smallest absolute Gasteiger partial charge is 0.212 e. The summed E-state index contributed by atoms with van der Waals surface area (Å²) in [6.45, 7) is 4.15. The van der Waals surface area contributed by atoms with Crippen LogP contribution in [0.4, 0.5) is 0 Å². The number of carbonyl (C=O) groups is 1. The molecule has 0 bridgehead atoms. The molecule has 0 saturated carbocycles. The lowest BCUT2D eigenvalue weighted by Crippen LogP contribution is -2.03. The van der Waals surface area contributed by atoms with Gasteiger partial charge in [0.15, 0.2) is 0 Å². The Kier molecular flexibility index (Phi) is 6.08. The van der Waals surface area contributed by atoms with Crippen molar-refractivity contribution in [2.45, 2.75) is 13.8 Å². The summed E-state index contributed by atoms with van der Waals surface area (Å²) in [6, 6.07) is 25.7. The first-order valence-electron chi connectivity index (χ1n) is 8.87. The number of aromatic nitrogens is 1. The van der Waals surface area contributed by atoms with E-state index in [9.17, 15) is 4.79 Å². The Morgan fingerprint density at radius 1 is 0.857 bits per heavy atom. The highest BCUT2D eigenvalue weighted by molar-refractivity contribution is 7.18. The van der Waals surface area contributed by atoms with E-state index in [0.29, 0.717) is 11.3 Å². The Hall–Kier alpha value is -2.75. The molecule has 0 aliphatic rings. The zero-order valence-corrected chi connectivity index (χ0v) is 17.3. The molecule has 4 rings (SSSR count). The number of thiazole rings is 1. The second-order valence-electron chi connectivity index (χ2n) is 6.58. The van der Waals surface area contributed by atoms with Crippen molar-refractivity contribution in [2.75, 3.05) is 0 Å². The molecule has 0 fully saturated rings. The van der Waals surface area contributed by atoms with Gasteiger partial charge in [0.25, 0.3) is 0 Å². The van der Waals surface area contributed by atoms with Gasteiger partial charge in [0, 0.05) is 11.1 Å². The molecule has 0 spiro atoms. The van der Waals surface area contributed by atoms with Crippen LogP contribution in [0.25, 0.3) is 21.0 Å². The summed E-state index contributed by atoms with van der Waals surface area (Å²) in [5.74, 6) is -0.0396. The zero-order chi connectivity index (χ0) is 18.8. The summed E-state index contributed by atoms with van der Waals surface area (Å²) in [5, 5.41) is 0.884. The molecule has 0 aliphatic carbocycles. The largest absolute Gasteiger partial charge is 0.287 e. The van der Waals surface area contributed by atoms with Crippen LogP contribution in [0.5, 0.6) is 0 Å². The Balaban J connectivity index is 0.00000225. The predicted octanol–water partition coefficient (Wildman–Crippen LogP) is 6.75. The highest BCUT2D eigenvalue weighted by Gasteiger charge is 2.22. The molecule has 4 aromatic rings. The number of aryl methyl sites for hydroxylation is 2. The first-order valence-corrected chi connectivity index (χ1v) is 9.69. The molecule has 0 N–H and O–H groups in total. The maximum absolute atomic E-state index is 13.2. The van der Waals surface area contributed by atoms with E-state index >= 15 is 0 Å². The van der Waals surface area contributed by atoms with Crippen molar-refractivity contribution in [3.63, 3.8) is 0 Å². The van der Waals surface area contributed by atoms with E-state index in [-0.39, 0.29) is 18.2 Å². The summed E-state index contributed by atoms with van der Waals surface area (Å²) < 4.78 is 0. The molecule has 1 aromatic heterocycles. The van der Waals surface area contributed by atoms with Gasteiger partial charge in [0.05, 0.1) is 4.88 Å². The van der Waals surface area contributed by atoms with Crippen LogP contribution >= 0.6 is 23.7 Å². The molecule has 2 nitrogen and oxygen atoms in total. The second-order valence-corrected chi connectivity index (χ2v) is 7.58. The minimum Gasteiger partial charge on any atom is -0.287 e. The molecular weight excluding hydrogens is 386 g/mol. The highest BCUT2D eigenvalue weighted by atomic mass is 35.5. The number of hydrogen-bond donors (Lipinski definition) is 0. The van der Waals surface area contributed by atoms with Crippen LogP contribution in [-0.2, 0) is 0 Å². The number of hydrogen-bond acceptors (Lipinski definition) is 3. The molecule has 0 unspecified atom stereocenters. The molecule has 0 aliphatic heterocycles. The van der Waals surface area contributed by atoms with Crippen molar-refractivity contribution < 1.29 is 4.79 Å². The monoisotopic (exact) mass is 405 g/mol. The minimum absolute atomic E-state index is 0. The zero-order valence-electron chi connectivity index (χ0n) is 15.7. The third-order valence-electron chi connectivity index (χ3n) is 4.54. The van der Waals surface area contributed by atoms with Crippen molar-refractivity contribution in [3.8, 4) is 21.0 Å². The molecule has 0 atom stereocenters. The van der Waals surface area contributed by atoms with Gasteiger partial charge in [-0.2, -0.15) is 0 Å². The fourth-order valence-corrected chi connectivity index (χ4v) is 4.22. The van der Waals surface area contributed by atoms with E-state index in [4.69, 9.17) is 4.98 Å². The van der Waals surface area contributed by atoms with Gasteiger partial charge in [-0.25, -0.2) is 4.98 Å². The number of halogens is 1. The lowest BCUT2D eigenvalue weighted by atomic mass is 10.0. The van der Waals surface area contributed by atoms with Crippen molar-refractivity contribution in [1.29, 1.82) is 0 Å². The number of rotatable bonds is 4. The quantitative estimate of drug-likeness (QED) is 0.351. The van der Waals surface area contributed by atoms with Gasteiger partial charge < -0.3 is 0 Å². The second kappa shape index (κ2) is 8.51. The van der Waals surface area contributed by atoms with Gasteiger partial charge in [-0.1, -0.05) is 78.4 Å². The minimum atomic E-state index is -0.0396. The summed E-state index contributed by atoms with van der Waals surface area (Å²) in [4.78, 5) is 18.9.